The van der Waals surface area contributed by atoms with Crippen LogP contribution in [0.5, 0.6) is 0 Å². The fourth-order valence-electron chi connectivity index (χ4n) is 3.12. The number of piperidine rings is 1. The molecule has 2 aliphatic rings. The topological polar surface area (TPSA) is 72.6 Å². The van der Waals surface area contributed by atoms with E-state index in [1.54, 1.807) is 4.31 Å². The van der Waals surface area contributed by atoms with E-state index in [4.69, 9.17) is 10.5 Å². The highest BCUT2D eigenvalue weighted by atomic mass is 32.2. The number of hydrogen-bond donors (Lipinski definition) is 1. The number of ether oxygens (including phenoxy) is 1. The second kappa shape index (κ2) is 6.08. The second-order valence-electron chi connectivity index (χ2n) is 6.21. The fraction of sp³-hybridized carbons (Fsp3) is 1.00. The lowest BCUT2D eigenvalue weighted by Gasteiger charge is -2.31. The van der Waals surface area contributed by atoms with Gasteiger partial charge in [-0.3, -0.25) is 0 Å². The van der Waals surface area contributed by atoms with Crippen molar-refractivity contribution in [2.45, 2.75) is 44.1 Å². The zero-order chi connectivity index (χ0) is 13.9. The fourth-order valence-corrected chi connectivity index (χ4v) is 4.06. The molecule has 0 aromatic heterocycles. The Morgan fingerprint density at radius 1 is 1.32 bits per heavy atom. The normalized spacial score (nSPS) is 28.6. The van der Waals surface area contributed by atoms with Crippen LogP contribution in [0.25, 0.3) is 0 Å². The van der Waals surface area contributed by atoms with Gasteiger partial charge >= 0.3 is 0 Å². The van der Waals surface area contributed by atoms with E-state index in [1.807, 2.05) is 0 Å². The van der Waals surface area contributed by atoms with Gasteiger partial charge < -0.3 is 10.5 Å². The third-order valence-electron chi connectivity index (χ3n) is 4.29. The molecule has 2 fully saturated rings. The largest absolute Gasteiger partial charge is 0.379 e. The molecule has 1 heterocycles. The lowest BCUT2D eigenvalue weighted by atomic mass is 9.99. The maximum Gasteiger partial charge on any atom is 0.211 e. The third-order valence-corrected chi connectivity index (χ3v) is 5.56. The Bertz CT molecular complexity index is 391. The maximum atomic E-state index is 11.5. The zero-order valence-electron chi connectivity index (χ0n) is 11.8. The van der Waals surface area contributed by atoms with Crippen LogP contribution in [0.1, 0.15) is 38.5 Å². The zero-order valence-corrected chi connectivity index (χ0v) is 12.6. The van der Waals surface area contributed by atoms with Crippen LogP contribution in [-0.2, 0) is 14.8 Å². The first-order valence-electron chi connectivity index (χ1n) is 7.21. The Morgan fingerprint density at radius 2 is 2.00 bits per heavy atom. The van der Waals surface area contributed by atoms with Crippen LogP contribution in [0.4, 0.5) is 0 Å². The minimum atomic E-state index is -3.06. The van der Waals surface area contributed by atoms with E-state index in [1.165, 1.54) is 19.1 Å². The Morgan fingerprint density at radius 3 is 2.63 bits per heavy atom. The second-order valence-corrected chi connectivity index (χ2v) is 8.20. The highest BCUT2D eigenvalue weighted by Crippen LogP contribution is 2.27. The number of sulfonamides is 1. The van der Waals surface area contributed by atoms with Crippen LogP contribution in [0.2, 0.25) is 0 Å². The summed E-state index contributed by atoms with van der Waals surface area (Å²) in [6.45, 7) is 2.49. The standard InChI is InChI=1S/C13H26N2O3S/c1-19(16,17)15-8-4-5-12(9-15)10-18-11-13(14)6-2-3-7-13/h12H,2-11,14H2,1H3. The number of rotatable bonds is 5. The Kier molecular flexibility index (Phi) is 4.87. The van der Waals surface area contributed by atoms with Crippen LogP contribution in [0.15, 0.2) is 0 Å². The molecule has 0 aromatic rings. The molecule has 1 saturated heterocycles. The molecule has 6 heteroatoms. The Balaban J connectivity index is 1.74. The lowest BCUT2D eigenvalue weighted by molar-refractivity contribution is 0.0468. The van der Waals surface area contributed by atoms with Gasteiger partial charge in [-0.2, -0.15) is 0 Å². The molecule has 1 unspecified atom stereocenters. The molecule has 1 atom stereocenters. The minimum absolute atomic E-state index is 0.134. The van der Waals surface area contributed by atoms with Gasteiger partial charge in [-0.05, 0) is 31.6 Å². The van der Waals surface area contributed by atoms with Gasteiger partial charge in [0.2, 0.25) is 10.0 Å². The molecule has 0 radical (unpaired) electrons. The quantitative estimate of drug-likeness (QED) is 0.818. The van der Waals surface area contributed by atoms with Crippen LogP contribution in [0.3, 0.4) is 0 Å². The van der Waals surface area contributed by atoms with E-state index in [0.29, 0.717) is 32.2 Å². The highest BCUT2D eigenvalue weighted by Gasteiger charge is 2.30. The van der Waals surface area contributed by atoms with Crippen molar-refractivity contribution in [3.63, 3.8) is 0 Å². The van der Waals surface area contributed by atoms with Gasteiger partial charge in [0.15, 0.2) is 0 Å². The molecule has 1 aliphatic heterocycles. The van der Waals surface area contributed by atoms with Crippen molar-refractivity contribution in [1.82, 2.24) is 4.31 Å². The first kappa shape index (κ1) is 15.2. The number of nitrogens with two attached hydrogens (primary N) is 1. The van der Waals surface area contributed by atoms with Crippen LogP contribution in [0, 0.1) is 5.92 Å². The van der Waals surface area contributed by atoms with E-state index >= 15 is 0 Å². The molecule has 0 spiro atoms. The van der Waals surface area contributed by atoms with Gasteiger partial charge in [-0.25, -0.2) is 12.7 Å². The average molecular weight is 290 g/mol. The van der Waals surface area contributed by atoms with E-state index in [9.17, 15) is 8.42 Å². The van der Waals surface area contributed by atoms with Gasteiger partial charge in [-0.15, -0.1) is 0 Å². The summed E-state index contributed by atoms with van der Waals surface area (Å²) in [7, 11) is -3.06. The van der Waals surface area contributed by atoms with Gasteiger partial charge in [0, 0.05) is 18.6 Å². The molecule has 0 amide bonds. The first-order chi connectivity index (χ1) is 8.89. The third kappa shape index (κ3) is 4.41. The van der Waals surface area contributed by atoms with Crippen molar-refractivity contribution < 1.29 is 13.2 Å². The molecular formula is C13H26N2O3S. The average Bonchev–Trinajstić information content (AvgIpc) is 2.76. The molecule has 2 N–H and O–H groups in total. The predicted octanol–water partition coefficient (Wildman–Crippen LogP) is 0.946. The number of nitrogens with zero attached hydrogens (tertiary/aromatic N) is 1. The summed E-state index contributed by atoms with van der Waals surface area (Å²) < 4.78 is 30.4. The van der Waals surface area contributed by atoms with Crippen LogP contribution >= 0.6 is 0 Å². The maximum absolute atomic E-state index is 11.5. The van der Waals surface area contributed by atoms with Crippen molar-refractivity contribution in [3.05, 3.63) is 0 Å². The monoisotopic (exact) mass is 290 g/mol. The summed E-state index contributed by atoms with van der Waals surface area (Å²) in [5.74, 6) is 0.313. The first-order valence-corrected chi connectivity index (χ1v) is 9.06. The van der Waals surface area contributed by atoms with Crippen molar-refractivity contribution >= 4 is 10.0 Å². The van der Waals surface area contributed by atoms with Crippen LogP contribution < -0.4 is 5.73 Å². The smallest absolute Gasteiger partial charge is 0.211 e. The molecule has 1 saturated carbocycles. The summed E-state index contributed by atoms with van der Waals surface area (Å²) in [4.78, 5) is 0. The summed E-state index contributed by atoms with van der Waals surface area (Å²) >= 11 is 0. The van der Waals surface area contributed by atoms with E-state index < -0.39 is 10.0 Å². The molecule has 2 rings (SSSR count). The molecule has 0 aromatic carbocycles. The van der Waals surface area contributed by atoms with Crippen molar-refractivity contribution in [2.75, 3.05) is 32.6 Å². The molecule has 1 aliphatic carbocycles. The SMILES string of the molecule is CS(=O)(=O)N1CCCC(COCC2(N)CCCC2)C1. The molecule has 0 bridgehead atoms. The van der Waals surface area contributed by atoms with Gasteiger partial charge in [0.25, 0.3) is 0 Å². The molecule has 19 heavy (non-hydrogen) atoms. The number of hydrogen-bond acceptors (Lipinski definition) is 4. The summed E-state index contributed by atoms with van der Waals surface area (Å²) in [5, 5.41) is 0. The summed E-state index contributed by atoms with van der Waals surface area (Å²) in [6.07, 6.45) is 7.75. The van der Waals surface area contributed by atoms with E-state index in [0.717, 1.165) is 25.7 Å². The Hall–Kier alpha value is -0.170. The Labute approximate surface area is 116 Å². The van der Waals surface area contributed by atoms with Crippen molar-refractivity contribution in [3.8, 4) is 0 Å². The van der Waals surface area contributed by atoms with Gasteiger partial charge in [0.1, 0.15) is 0 Å². The van der Waals surface area contributed by atoms with Gasteiger partial charge in [-0.1, -0.05) is 12.8 Å². The minimum Gasteiger partial charge on any atom is -0.379 e. The van der Waals surface area contributed by atoms with E-state index in [-0.39, 0.29) is 5.54 Å². The van der Waals surface area contributed by atoms with E-state index in [2.05, 4.69) is 0 Å². The molecular weight excluding hydrogens is 264 g/mol. The lowest BCUT2D eigenvalue weighted by Crippen LogP contribution is -2.43. The van der Waals surface area contributed by atoms with Crippen molar-refractivity contribution in [2.24, 2.45) is 11.7 Å². The van der Waals surface area contributed by atoms with Crippen LogP contribution in [-0.4, -0.2) is 50.8 Å². The summed E-state index contributed by atoms with van der Waals surface area (Å²) in [6, 6.07) is 0. The van der Waals surface area contributed by atoms with Crippen molar-refractivity contribution in [1.29, 1.82) is 0 Å². The summed E-state index contributed by atoms with van der Waals surface area (Å²) in [5.41, 5.74) is 6.11. The molecule has 5 nitrogen and oxygen atoms in total. The van der Waals surface area contributed by atoms with Gasteiger partial charge in [0.05, 0.1) is 19.5 Å². The highest BCUT2D eigenvalue weighted by molar-refractivity contribution is 7.88. The molecule has 112 valence electrons. The predicted molar refractivity (Wildman–Crippen MR) is 75.3 cm³/mol.